The van der Waals surface area contributed by atoms with E-state index in [0.29, 0.717) is 21.6 Å². The molecule has 0 bridgehead atoms. The molecule has 0 saturated heterocycles. The van der Waals surface area contributed by atoms with Crippen molar-refractivity contribution in [2.24, 2.45) is 0 Å². The van der Waals surface area contributed by atoms with Gasteiger partial charge in [0.05, 0.1) is 10.7 Å². The topological polar surface area (TPSA) is 77.8 Å². The molecular weight excluding hydrogens is 244 g/mol. The Hall–Kier alpha value is -1.46. The summed E-state index contributed by atoms with van der Waals surface area (Å²) >= 11 is 7.41. The van der Waals surface area contributed by atoms with Crippen molar-refractivity contribution in [3.63, 3.8) is 0 Å². The van der Waals surface area contributed by atoms with Gasteiger partial charge in [-0.1, -0.05) is 29.4 Å². The summed E-state index contributed by atoms with van der Waals surface area (Å²) in [5, 5.41) is 1.13. The van der Waals surface area contributed by atoms with Crippen molar-refractivity contribution in [2.75, 3.05) is 11.5 Å². The number of benzene rings is 1. The summed E-state index contributed by atoms with van der Waals surface area (Å²) in [6.45, 7) is 0. The molecule has 1 aromatic heterocycles. The van der Waals surface area contributed by atoms with Crippen molar-refractivity contribution in [3.8, 4) is 0 Å². The number of nitrogens with two attached hydrogens (primary N) is 2. The van der Waals surface area contributed by atoms with Crippen LogP contribution < -0.4 is 11.5 Å². The van der Waals surface area contributed by atoms with Gasteiger partial charge in [-0.15, -0.1) is 0 Å². The average Bonchev–Trinajstić information content (AvgIpc) is 2.28. The average molecular weight is 253 g/mol. The number of anilines is 2. The second-order valence-electron chi connectivity index (χ2n) is 3.01. The molecule has 1 heterocycles. The smallest absolute Gasteiger partial charge is 0.156 e. The summed E-state index contributed by atoms with van der Waals surface area (Å²) in [5.41, 5.74) is 11.9. The van der Waals surface area contributed by atoms with Crippen molar-refractivity contribution in [3.05, 3.63) is 35.6 Å². The van der Waals surface area contributed by atoms with Crippen LogP contribution in [0.3, 0.4) is 0 Å². The van der Waals surface area contributed by atoms with E-state index in [4.69, 9.17) is 23.1 Å². The third-order valence-corrected chi connectivity index (χ3v) is 3.49. The minimum atomic E-state index is 0.381. The largest absolute Gasteiger partial charge is 0.397 e. The van der Waals surface area contributed by atoms with Crippen LogP contribution in [0.25, 0.3) is 0 Å². The fraction of sp³-hybridized carbons (Fsp3) is 0. The number of rotatable bonds is 2. The molecule has 0 amide bonds. The van der Waals surface area contributed by atoms with Gasteiger partial charge in [-0.2, -0.15) is 0 Å². The summed E-state index contributed by atoms with van der Waals surface area (Å²) < 4.78 is 0. The molecule has 0 fully saturated rings. The summed E-state index contributed by atoms with van der Waals surface area (Å²) in [7, 11) is 0. The summed E-state index contributed by atoms with van der Waals surface area (Å²) in [4.78, 5) is 8.88. The minimum absolute atomic E-state index is 0.381. The van der Waals surface area contributed by atoms with Gasteiger partial charge in [0.25, 0.3) is 0 Å². The second-order valence-corrected chi connectivity index (χ2v) is 4.42. The van der Waals surface area contributed by atoms with Gasteiger partial charge in [0.15, 0.2) is 5.82 Å². The maximum Gasteiger partial charge on any atom is 0.156 e. The Morgan fingerprint density at radius 2 is 1.88 bits per heavy atom. The number of hydrogen-bond acceptors (Lipinski definition) is 5. The first-order valence-corrected chi connectivity index (χ1v) is 5.66. The molecule has 0 aliphatic rings. The highest BCUT2D eigenvalue weighted by Crippen LogP contribution is 2.36. The van der Waals surface area contributed by atoms with E-state index in [1.165, 1.54) is 11.8 Å². The van der Waals surface area contributed by atoms with Crippen molar-refractivity contribution >= 4 is 34.9 Å². The van der Waals surface area contributed by atoms with Gasteiger partial charge in [-0.05, 0) is 12.1 Å². The zero-order chi connectivity index (χ0) is 11.5. The van der Waals surface area contributed by atoms with Crippen LogP contribution in [0.4, 0.5) is 11.5 Å². The summed E-state index contributed by atoms with van der Waals surface area (Å²) in [5.74, 6) is 0.381. The van der Waals surface area contributed by atoms with Gasteiger partial charge >= 0.3 is 0 Å². The quantitative estimate of drug-likeness (QED) is 0.803. The molecule has 4 nitrogen and oxygen atoms in total. The number of nitrogens with zero attached hydrogens (tertiary/aromatic N) is 2. The van der Waals surface area contributed by atoms with Gasteiger partial charge in [0.2, 0.25) is 0 Å². The molecule has 2 aromatic rings. The van der Waals surface area contributed by atoms with Crippen LogP contribution in [0.2, 0.25) is 5.02 Å². The standard InChI is InChI=1S/C10H9ClN4S/c11-8-6(12)2-1-3-7(8)16-10-9(13)14-4-5-15-10/h1-5H,12H2,(H2,13,14). The first-order valence-electron chi connectivity index (χ1n) is 4.47. The predicted octanol–water partition coefficient (Wildman–Crippen LogP) is 2.45. The van der Waals surface area contributed by atoms with Crippen molar-refractivity contribution in [2.45, 2.75) is 9.92 Å². The lowest BCUT2D eigenvalue weighted by molar-refractivity contribution is 1.07. The molecule has 82 valence electrons. The minimum Gasteiger partial charge on any atom is -0.397 e. The van der Waals surface area contributed by atoms with Gasteiger partial charge < -0.3 is 11.5 Å². The number of halogens is 1. The molecule has 2 rings (SSSR count). The van der Waals surface area contributed by atoms with E-state index >= 15 is 0 Å². The Bertz CT molecular complexity index is 518. The van der Waals surface area contributed by atoms with Gasteiger partial charge in [-0.25, -0.2) is 9.97 Å². The van der Waals surface area contributed by atoms with E-state index < -0.39 is 0 Å². The first kappa shape index (κ1) is 11.0. The normalized spacial score (nSPS) is 10.3. The van der Waals surface area contributed by atoms with Crippen LogP contribution in [-0.4, -0.2) is 9.97 Å². The van der Waals surface area contributed by atoms with Crippen LogP contribution in [0.1, 0.15) is 0 Å². The molecule has 0 saturated carbocycles. The zero-order valence-electron chi connectivity index (χ0n) is 8.22. The van der Waals surface area contributed by atoms with E-state index in [0.717, 1.165) is 4.90 Å². The van der Waals surface area contributed by atoms with E-state index in [2.05, 4.69) is 9.97 Å². The molecule has 0 aliphatic carbocycles. The Labute approximate surface area is 102 Å². The zero-order valence-corrected chi connectivity index (χ0v) is 9.79. The summed E-state index contributed by atoms with van der Waals surface area (Å²) in [6.07, 6.45) is 3.12. The molecule has 6 heteroatoms. The Balaban J connectivity index is 2.35. The maximum absolute atomic E-state index is 6.06. The number of aromatic nitrogens is 2. The molecular formula is C10H9ClN4S. The van der Waals surface area contributed by atoms with E-state index in [-0.39, 0.29) is 0 Å². The van der Waals surface area contributed by atoms with Crippen molar-refractivity contribution in [1.29, 1.82) is 0 Å². The highest BCUT2D eigenvalue weighted by atomic mass is 35.5. The SMILES string of the molecule is Nc1cccc(Sc2nccnc2N)c1Cl. The lowest BCUT2D eigenvalue weighted by Crippen LogP contribution is -1.95. The Morgan fingerprint density at radius 1 is 1.12 bits per heavy atom. The van der Waals surface area contributed by atoms with Crippen molar-refractivity contribution < 1.29 is 0 Å². The Morgan fingerprint density at radius 3 is 2.62 bits per heavy atom. The van der Waals surface area contributed by atoms with Gasteiger partial charge in [0, 0.05) is 17.3 Å². The monoisotopic (exact) mass is 252 g/mol. The lowest BCUT2D eigenvalue weighted by Gasteiger charge is -2.06. The van der Waals surface area contributed by atoms with Crippen LogP contribution in [0, 0.1) is 0 Å². The Kier molecular flexibility index (Phi) is 3.17. The van der Waals surface area contributed by atoms with Crippen LogP contribution in [-0.2, 0) is 0 Å². The highest BCUT2D eigenvalue weighted by molar-refractivity contribution is 7.99. The molecule has 0 aliphatic heterocycles. The van der Waals surface area contributed by atoms with Crippen molar-refractivity contribution in [1.82, 2.24) is 9.97 Å². The fourth-order valence-electron chi connectivity index (χ4n) is 1.13. The van der Waals surface area contributed by atoms with Crippen LogP contribution in [0.15, 0.2) is 40.5 Å². The van der Waals surface area contributed by atoms with Crippen LogP contribution in [0.5, 0.6) is 0 Å². The highest BCUT2D eigenvalue weighted by Gasteiger charge is 2.08. The first-order chi connectivity index (χ1) is 7.68. The van der Waals surface area contributed by atoms with Gasteiger partial charge in [-0.3, -0.25) is 0 Å². The van der Waals surface area contributed by atoms with E-state index in [1.807, 2.05) is 12.1 Å². The number of hydrogen-bond donors (Lipinski definition) is 2. The second kappa shape index (κ2) is 4.59. The van der Waals surface area contributed by atoms with Crippen LogP contribution >= 0.6 is 23.4 Å². The molecule has 0 spiro atoms. The number of nitrogen functional groups attached to an aromatic ring is 2. The molecule has 16 heavy (non-hydrogen) atoms. The third-order valence-electron chi connectivity index (χ3n) is 1.89. The lowest BCUT2D eigenvalue weighted by atomic mass is 10.3. The predicted molar refractivity (Wildman–Crippen MR) is 66.4 cm³/mol. The maximum atomic E-state index is 6.06. The third kappa shape index (κ3) is 2.20. The van der Waals surface area contributed by atoms with Gasteiger partial charge in [0.1, 0.15) is 5.03 Å². The van der Waals surface area contributed by atoms with E-state index in [9.17, 15) is 0 Å². The summed E-state index contributed by atoms with van der Waals surface area (Å²) in [6, 6.07) is 5.43. The van der Waals surface area contributed by atoms with E-state index in [1.54, 1.807) is 18.5 Å². The molecule has 4 N–H and O–H groups in total. The fourth-order valence-corrected chi connectivity index (χ4v) is 2.20. The molecule has 0 unspecified atom stereocenters. The molecule has 1 aromatic carbocycles. The molecule has 0 atom stereocenters. The molecule has 0 radical (unpaired) electrons.